The van der Waals surface area contributed by atoms with Crippen LogP contribution >= 0.6 is 0 Å². The van der Waals surface area contributed by atoms with E-state index in [1.165, 1.54) is 5.56 Å². The Morgan fingerprint density at radius 1 is 0.947 bits per heavy atom. The molecule has 19 heavy (non-hydrogen) atoms. The van der Waals surface area contributed by atoms with Crippen LogP contribution in [-0.4, -0.2) is 17.5 Å². The minimum atomic E-state index is 0.212. The van der Waals surface area contributed by atoms with Crippen molar-refractivity contribution in [2.75, 3.05) is 6.61 Å². The van der Waals surface area contributed by atoms with Gasteiger partial charge in [0.05, 0.1) is 0 Å². The maximum absolute atomic E-state index is 11.8. The lowest BCUT2D eigenvalue weighted by atomic mass is 10.0. The second kappa shape index (κ2) is 9.06. The molecule has 1 N–H and O–H groups in total. The van der Waals surface area contributed by atoms with Crippen molar-refractivity contribution < 1.29 is 9.90 Å². The molecule has 0 amide bonds. The van der Waals surface area contributed by atoms with Gasteiger partial charge in [0.25, 0.3) is 0 Å². The molecule has 0 aliphatic heterocycles. The molecule has 0 fully saturated rings. The highest BCUT2D eigenvalue weighted by atomic mass is 16.2. The van der Waals surface area contributed by atoms with Crippen LogP contribution in [0.3, 0.4) is 0 Å². The monoisotopic (exact) mass is 256 g/mol. The normalized spacial score (nSPS) is 9.37. The van der Waals surface area contributed by atoms with Crippen LogP contribution in [0.1, 0.15) is 29.3 Å². The van der Waals surface area contributed by atoms with Crippen molar-refractivity contribution in [1.29, 1.82) is 0 Å². The predicted molar refractivity (Wildman–Crippen MR) is 78.3 cm³/mol. The van der Waals surface area contributed by atoms with Crippen molar-refractivity contribution in [3.8, 4) is 0 Å². The van der Waals surface area contributed by atoms with Crippen LogP contribution in [0.2, 0.25) is 0 Å². The summed E-state index contributed by atoms with van der Waals surface area (Å²) in [7, 11) is 0. The van der Waals surface area contributed by atoms with Gasteiger partial charge in [-0.1, -0.05) is 60.7 Å². The lowest BCUT2D eigenvalue weighted by molar-refractivity contribution is 0.0983. The maximum atomic E-state index is 11.8. The minimum absolute atomic E-state index is 0.212. The molecule has 2 rings (SSSR count). The molecule has 2 heteroatoms. The summed E-state index contributed by atoms with van der Waals surface area (Å²) in [5.41, 5.74) is 2.02. The van der Waals surface area contributed by atoms with Gasteiger partial charge in [-0.15, -0.1) is 0 Å². The Labute approximate surface area is 114 Å². The van der Waals surface area contributed by atoms with Crippen molar-refractivity contribution in [3.05, 3.63) is 71.8 Å². The lowest BCUT2D eigenvalue weighted by Gasteiger charge is -2.01. The van der Waals surface area contributed by atoms with Crippen molar-refractivity contribution in [2.24, 2.45) is 0 Å². The van der Waals surface area contributed by atoms with E-state index < -0.39 is 0 Å². The minimum Gasteiger partial charge on any atom is -0.397 e. The van der Waals surface area contributed by atoms with Gasteiger partial charge >= 0.3 is 0 Å². The fourth-order valence-corrected chi connectivity index (χ4v) is 1.67. The Morgan fingerprint density at radius 2 is 1.42 bits per heavy atom. The number of hydrogen-bond acceptors (Lipinski definition) is 2. The largest absolute Gasteiger partial charge is 0.397 e. The maximum Gasteiger partial charge on any atom is 0.163 e. The van der Waals surface area contributed by atoms with Gasteiger partial charge in [0.1, 0.15) is 0 Å². The van der Waals surface area contributed by atoms with Crippen LogP contribution in [0, 0.1) is 0 Å². The van der Waals surface area contributed by atoms with E-state index in [1.807, 2.05) is 48.5 Å². The fourth-order valence-electron chi connectivity index (χ4n) is 1.67. The van der Waals surface area contributed by atoms with Crippen molar-refractivity contribution in [1.82, 2.24) is 0 Å². The highest BCUT2D eigenvalue weighted by molar-refractivity contribution is 5.96. The number of carbonyl (C=O) groups is 1. The second-order valence-corrected chi connectivity index (χ2v) is 4.09. The summed E-state index contributed by atoms with van der Waals surface area (Å²) in [4.78, 5) is 11.8. The highest BCUT2D eigenvalue weighted by Crippen LogP contribution is 2.08. The summed E-state index contributed by atoms with van der Waals surface area (Å²) in [6.07, 6.45) is 1.39. The summed E-state index contributed by atoms with van der Waals surface area (Å²) in [5, 5.41) is 7.57. The smallest absolute Gasteiger partial charge is 0.163 e. The van der Waals surface area contributed by atoms with E-state index in [4.69, 9.17) is 5.11 Å². The van der Waals surface area contributed by atoms with Crippen LogP contribution in [-0.2, 0) is 6.42 Å². The number of benzene rings is 2. The number of aryl methyl sites for hydroxylation is 1. The van der Waals surface area contributed by atoms with E-state index in [1.54, 1.807) is 6.92 Å². The average molecular weight is 256 g/mol. The molecule has 0 saturated carbocycles. The van der Waals surface area contributed by atoms with Crippen LogP contribution in [0.15, 0.2) is 60.7 Å². The topological polar surface area (TPSA) is 37.3 Å². The van der Waals surface area contributed by atoms with Gasteiger partial charge in [0.2, 0.25) is 0 Å². The lowest BCUT2D eigenvalue weighted by Crippen LogP contribution is -2.00. The molecule has 0 bridgehead atoms. The summed E-state index contributed by atoms with van der Waals surface area (Å²) >= 11 is 0. The Morgan fingerprint density at radius 3 is 1.95 bits per heavy atom. The van der Waals surface area contributed by atoms with E-state index in [2.05, 4.69) is 12.1 Å². The first-order valence-electron chi connectivity index (χ1n) is 6.51. The van der Waals surface area contributed by atoms with Crippen molar-refractivity contribution in [2.45, 2.75) is 19.8 Å². The number of Topliss-reactive ketones (excluding diaryl/α,β-unsaturated/α-hetero) is 1. The SMILES string of the molecule is CCO.O=C(CCc1ccccc1)c1ccccc1. The van der Waals surface area contributed by atoms with Gasteiger partial charge in [-0.05, 0) is 18.9 Å². The molecule has 2 aromatic carbocycles. The first-order valence-corrected chi connectivity index (χ1v) is 6.51. The van der Waals surface area contributed by atoms with Crippen molar-refractivity contribution >= 4 is 5.78 Å². The molecule has 0 spiro atoms. The number of aliphatic hydroxyl groups excluding tert-OH is 1. The molecule has 0 heterocycles. The molecule has 0 unspecified atom stereocenters. The second-order valence-electron chi connectivity index (χ2n) is 4.09. The molecule has 0 aromatic heterocycles. The van der Waals surface area contributed by atoms with Gasteiger partial charge in [-0.2, -0.15) is 0 Å². The average Bonchev–Trinajstić information content (AvgIpc) is 2.47. The first kappa shape index (κ1) is 15.1. The summed E-state index contributed by atoms with van der Waals surface area (Å²) in [5.74, 6) is 0.212. The quantitative estimate of drug-likeness (QED) is 0.850. The molecule has 100 valence electrons. The van der Waals surface area contributed by atoms with Crippen LogP contribution in [0.5, 0.6) is 0 Å². The van der Waals surface area contributed by atoms with E-state index in [0.717, 1.165) is 12.0 Å². The standard InChI is InChI=1S/C15H14O.C2H6O/c16-15(14-9-5-2-6-10-14)12-11-13-7-3-1-4-8-13;1-2-3/h1-10H,11-12H2;3H,2H2,1H3. The number of hydrogen-bond donors (Lipinski definition) is 1. The molecular formula is C17H20O2. The number of aliphatic hydroxyl groups is 1. The molecule has 0 atom stereocenters. The van der Waals surface area contributed by atoms with E-state index >= 15 is 0 Å². The molecule has 0 saturated heterocycles. The van der Waals surface area contributed by atoms with Gasteiger partial charge < -0.3 is 5.11 Å². The Bertz CT molecular complexity index is 463. The molecule has 0 aliphatic rings. The van der Waals surface area contributed by atoms with E-state index in [-0.39, 0.29) is 12.4 Å². The zero-order chi connectivity index (χ0) is 13.9. The molecule has 0 radical (unpaired) electrons. The third-order valence-electron chi connectivity index (χ3n) is 2.58. The molecule has 0 aliphatic carbocycles. The molecular weight excluding hydrogens is 236 g/mol. The third kappa shape index (κ3) is 5.98. The number of ketones is 1. The summed E-state index contributed by atoms with van der Waals surface area (Å²) in [6.45, 7) is 1.93. The van der Waals surface area contributed by atoms with Crippen LogP contribution in [0.4, 0.5) is 0 Å². The summed E-state index contributed by atoms with van der Waals surface area (Å²) < 4.78 is 0. The van der Waals surface area contributed by atoms with E-state index in [0.29, 0.717) is 6.42 Å². The molecule has 2 aromatic rings. The Hall–Kier alpha value is -1.93. The zero-order valence-corrected chi connectivity index (χ0v) is 11.3. The fraction of sp³-hybridized carbons (Fsp3) is 0.235. The zero-order valence-electron chi connectivity index (χ0n) is 11.3. The van der Waals surface area contributed by atoms with Crippen LogP contribution < -0.4 is 0 Å². The number of rotatable bonds is 4. The Balaban J connectivity index is 0.000000550. The van der Waals surface area contributed by atoms with Crippen molar-refractivity contribution in [3.63, 3.8) is 0 Å². The number of carbonyl (C=O) groups excluding carboxylic acids is 1. The van der Waals surface area contributed by atoms with Gasteiger partial charge in [-0.25, -0.2) is 0 Å². The third-order valence-corrected chi connectivity index (χ3v) is 2.58. The Kier molecular flexibility index (Phi) is 7.21. The predicted octanol–water partition coefficient (Wildman–Crippen LogP) is 3.50. The van der Waals surface area contributed by atoms with Gasteiger partial charge in [0.15, 0.2) is 5.78 Å². The first-order chi connectivity index (χ1) is 9.27. The molecule has 2 nitrogen and oxygen atoms in total. The van der Waals surface area contributed by atoms with Crippen LogP contribution in [0.25, 0.3) is 0 Å². The summed E-state index contributed by atoms with van der Waals surface area (Å²) in [6, 6.07) is 19.6. The van der Waals surface area contributed by atoms with Gasteiger partial charge in [-0.3, -0.25) is 4.79 Å². The highest BCUT2D eigenvalue weighted by Gasteiger charge is 2.04. The van der Waals surface area contributed by atoms with Gasteiger partial charge in [0, 0.05) is 18.6 Å². The van der Waals surface area contributed by atoms with E-state index in [9.17, 15) is 4.79 Å².